The van der Waals surface area contributed by atoms with E-state index in [0.717, 1.165) is 36.6 Å². The van der Waals surface area contributed by atoms with Crippen LogP contribution in [0.4, 0.5) is 30.7 Å². The number of alkyl halides is 6. The minimum absolute atomic E-state index is 0.0418. The van der Waals surface area contributed by atoms with Crippen LogP contribution in [0.1, 0.15) is 23.5 Å². The number of carboxylic acid groups (broad SMARTS) is 2. The van der Waals surface area contributed by atoms with Crippen LogP contribution in [-0.2, 0) is 20.9 Å². The second kappa shape index (κ2) is 13.1. The fraction of sp³-hybridized carbons (Fsp3) is 0.524. The van der Waals surface area contributed by atoms with Crippen LogP contribution in [0.25, 0.3) is 0 Å². The Morgan fingerprint density at radius 2 is 1.76 bits per heavy atom. The summed E-state index contributed by atoms with van der Waals surface area (Å²) >= 11 is 1.68. The van der Waals surface area contributed by atoms with Crippen molar-refractivity contribution in [3.63, 3.8) is 0 Å². The van der Waals surface area contributed by atoms with Gasteiger partial charge in [-0.15, -0.1) is 11.3 Å². The molecule has 2 aromatic rings. The number of ether oxygens (including phenoxy) is 2. The molecule has 0 amide bonds. The fourth-order valence-corrected chi connectivity index (χ4v) is 4.21. The van der Waals surface area contributed by atoms with Gasteiger partial charge in [0.2, 0.25) is 0 Å². The van der Waals surface area contributed by atoms with Crippen molar-refractivity contribution in [3.8, 4) is 5.88 Å². The molecule has 2 aromatic heterocycles. The number of aromatic nitrogens is 2. The number of hydrogen-bond acceptors (Lipinski definition) is 8. The molecule has 1 saturated heterocycles. The SMILES string of the molecule is Cc1nc(CN2CCO[C@H]3[C@H](Oc4ncccc4F)CC[C@@H]32)cs1.O=C(O)C(F)(F)F.O=C(O)C(F)(F)F. The zero-order valence-electron chi connectivity index (χ0n) is 19.5. The van der Waals surface area contributed by atoms with Crippen molar-refractivity contribution in [2.45, 2.75) is 56.9 Å². The van der Waals surface area contributed by atoms with Crippen molar-refractivity contribution in [2.75, 3.05) is 13.2 Å². The third-order valence-corrected chi connectivity index (χ3v) is 5.98. The number of aryl methyl sites for hydroxylation is 1. The van der Waals surface area contributed by atoms with E-state index in [1.807, 2.05) is 6.92 Å². The molecule has 9 nitrogen and oxygen atoms in total. The molecule has 0 bridgehead atoms. The average Bonchev–Trinajstić information content (AvgIpc) is 3.41. The van der Waals surface area contributed by atoms with Crippen LogP contribution < -0.4 is 4.74 Å². The summed E-state index contributed by atoms with van der Waals surface area (Å²) in [5.41, 5.74) is 1.11. The molecule has 3 atom stereocenters. The molecule has 3 heterocycles. The van der Waals surface area contributed by atoms with Crippen molar-refractivity contribution in [1.82, 2.24) is 14.9 Å². The molecule has 17 heteroatoms. The van der Waals surface area contributed by atoms with Crippen LogP contribution in [0.15, 0.2) is 23.7 Å². The van der Waals surface area contributed by atoms with Crippen molar-refractivity contribution < 1.29 is 60.0 Å². The first-order valence-corrected chi connectivity index (χ1v) is 11.6. The first kappa shape index (κ1) is 31.2. The number of fused-ring (bicyclic) bond motifs is 1. The number of morpholine rings is 1. The lowest BCUT2D eigenvalue weighted by molar-refractivity contribution is -0.193. The number of carboxylic acids is 2. The number of pyridine rings is 1. The number of rotatable bonds is 4. The molecule has 1 aliphatic heterocycles. The normalized spacial score (nSPS) is 21.3. The van der Waals surface area contributed by atoms with Gasteiger partial charge in [-0.05, 0) is 31.9 Å². The molecule has 1 saturated carbocycles. The van der Waals surface area contributed by atoms with Crippen LogP contribution >= 0.6 is 11.3 Å². The Morgan fingerprint density at radius 1 is 1.16 bits per heavy atom. The molecule has 0 unspecified atom stereocenters. The first-order chi connectivity index (χ1) is 17.6. The van der Waals surface area contributed by atoms with Gasteiger partial charge in [0.05, 0.1) is 17.3 Å². The Kier molecular flexibility index (Phi) is 10.8. The molecule has 1 aliphatic carbocycles. The zero-order chi connectivity index (χ0) is 28.7. The Labute approximate surface area is 214 Å². The predicted molar refractivity (Wildman–Crippen MR) is 116 cm³/mol. The summed E-state index contributed by atoms with van der Waals surface area (Å²) < 4.78 is 89.1. The summed E-state index contributed by atoms with van der Waals surface area (Å²) in [5.74, 6) is -5.87. The summed E-state index contributed by atoms with van der Waals surface area (Å²) in [6, 6.07) is 3.22. The van der Waals surface area contributed by atoms with Gasteiger partial charge in [-0.25, -0.2) is 23.9 Å². The number of halogens is 7. The lowest BCUT2D eigenvalue weighted by atomic mass is 10.1. The highest BCUT2D eigenvalue weighted by Crippen LogP contribution is 2.34. The van der Waals surface area contributed by atoms with E-state index in [2.05, 4.69) is 20.2 Å². The zero-order valence-corrected chi connectivity index (χ0v) is 20.3. The maximum Gasteiger partial charge on any atom is 0.490 e. The van der Waals surface area contributed by atoms with Gasteiger partial charge in [-0.1, -0.05) is 0 Å². The van der Waals surface area contributed by atoms with E-state index in [1.165, 1.54) is 6.07 Å². The summed E-state index contributed by atoms with van der Waals surface area (Å²) in [7, 11) is 0. The smallest absolute Gasteiger partial charge is 0.475 e. The van der Waals surface area contributed by atoms with E-state index in [0.29, 0.717) is 6.61 Å². The van der Waals surface area contributed by atoms with Gasteiger partial charge >= 0.3 is 24.3 Å². The van der Waals surface area contributed by atoms with Gasteiger partial charge in [0.1, 0.15) is 12.2 Å². The molecule has 38 heavy (non-hydrogen) atoms. The highest BCUT2D eigenvalue weighted by atomic mass is 32.1. The maximum atomic E-state index is 13.8. The fourth-order valence-electron chi connectivity index (χ4n) is 3.60. The largest absolute Gasteiger partial charge is 0.490 e. The number of nitrogens with zero attached hydrogens (tertiary/aromatic N) is 3. The van der Waals surface area contributed by atoms with Gasteiger partial charge in [-0.2, -0.15) is 26.3 Å². The highest BCUT2D eigenvalue weighted by Gasteiger charge is 2.44. The Morgan fingerprint density at radius 3 is 2.26 bits per heavy atom. The Balaban J connectivity index is 0.000000301. The van der Waals surface area contributed by atoms with Gasteiger partial charge < -0.3 is 19.7 Å². The molecule has 2 N–H and O–H groups in total. The van der Waals surface area contributed by atoms with Crippen molar-refractivity contribution in [2.24, 2.45) is 0 Å². The number of aliphatic carboxylic acids is 2. The second-order valence-corrected chi connectivity index (χ2v) is 8.92. The lowest BCUT2D eigenvalue weighted by Crippen LogP contribution is -2.51. The minimum Gasteiger partial charge on any atom is -0.475 e. The number of carbonyl (C=O) groups is 2. The van der Waals surface area contributed by atoms with E-state index in [1.54, 1.807) is 23.6 Å². The van der Waals surface area contributed by atoms with Crippen LogP contribution in [0.2, 0.25) is 0 Å². The van der Waals surface area contributed by atoms with E-state index >= 15 is 0 Å². The molecule has 2 aliphatic rings. The molecule has 0 aromatic carbocycles. The summed E-state index contributed by atoms with van der Waals surface area (Å²) in [6.07, 6.45) is -6.99. The molecular formula is C21H22F7N3O6S. The summed E-state index contributed by atoms with van der Waals surface area (Å²) in [4.78, 5) is 28.8. The van der Waals surface area contributed by atoms with Crippen LogP contribution in [-0.4, -0.2) is 80.8 Å². The topological polar surface area (TPSA) is 122 Å². The minimum atomic E-state index is -5.08. The molecule has 212 valence electrons. The van der Waals surface area contributed by atoms with Crippen LogP contribution in [0.3, 0.4) is 0 Å². The Bertz CT molecular complexity index is 1060. The average molecular weight is 577 g/mol. The maximum absolute atomic E-state index is 13.8. The third-order valence-electron chi connectivity index (χ3n) is 5.15. The van der Waals surface area contributed by atoms with Gasteiger partial charge in [0.25, 0.3) is 5.88 Å². The summed E-state index contributed by atoms with van der Waals surface area (Å²) in [6.45, 7) is 4.41. The van der Waals surface area contributed by atoms with Gasteiger partial charge in [0, 0.05) is 30.7 Å². The standard InChI is InChI=1S/C17H20FN3O2S.2C2HF3O2/c1-11-20-12(10-24-11)9-21-7-8-22-16-14(21)4-5-15(16)23-17-13(18)3-2-6-19-17;2*3-2(4,5)1(6)7/h2-3,6,10,14-16H,4-5,7-9H2,1H3;2*(H,6,7)/t14-,15+,16+;;/m0../s1. The van der Waals surface area contributed by atoms with E-state index in [4.69, 9.17) is 29.3 Å². The second-order valence-electron chi connectivity index (χ2n) is 7.86. The summed E-state index contributed by atoms with van der Waals surface area (Å²) in [5, 5.41) is 17.5. The van der Waals surface area contributed by atoms with E-state index in [-0.39, 0.29) is 24.1 Å². The van der Waals surface area contributed by atoms with Crippen LogP contribution in [0.5, 0.6) is 5.88 Å². The first-order valence-electron chi connectivity index (χ1n) is 10.7. The van der Waals surface area contributed by atoms with Crippen molar-refractivity contribution in [1.29, 1.82) is 0 Å². The van der Waals surface area contributed by atoms with Gasteiger partial charge in [-0.3, -0.25) is 4.90 Å². The quantitative estimate of drug-likeness (QED) is 0.518. The Hall–Kier alpha value is -3.05. The van der Waals surface area contributed by atoms with Crippen molar-refractivity contribution in [3.05, 3.63) is 40.2 Å². The van der Waals surface area contributed by atoms with Crippen molar-refractivity contribution >= 4 is 23.3 Å². The lowest BCUT2D eigenvalue weighted by Gasteiger charge is -2.38. The molecular weight excluding hydrogens is 555 g/mol. The predicted octanol–water partition coefficient (Wildman–Crippen LogP) is 4.06. The van der Waals surface area contributed by atoms with Gasteiger partial charge in [0.15, 0.2) is 5.82 Å². The number of thiazole rings is 1. The van der Waals surface area contributed by atoms with Crippen LogP contribution in [0, 0.1) is 12.7 Å². The molecule has 2 fully saturated rings. The molecule has 4 rings (SSSR count). The highest BCUT2D eigenvalue weighted by molar-refractivity contribution is 7.09. The monoisotopic (exact) mass is 577 g/mol. The number of hydrogen-bond donors (Lipinski definition) is 2. The van der Waals surface area contributed by atoms with E-state index in [9.17, 15) is 30.7 Å². The molecule has 0 radical (unpaired) electrons. The molecule has 0 spiro atoms. The third kappa shape index (κ3) is 9.36. The van der Waals surface area contributed by atoms with E-state index < -0.39 is 30.1 Å².